The van der Waals surface area contributed by atoms with Crippen LogP contribution in [0.4, 0.5) is 23.2 Å². The van der Waals surface area contributed by atoms with Gasteiger partial charge in [0, 0.05) is 41.8 Å². The predicted octanol–water partition coefficient (Wildman–Crippen LogP) is 4.24. The standard InChI is InChI=1S/C20H23F4N5S/c1-28-6-5-16(14(21)10-28)27-15-3-2-4-17-13(15)7-18(29(17)11-20(22,23)24)19-26-9-12(8-25)30-19/h2-4,7,9,14,16,27H,5-6,8,10-11,25H2,1H3/t14-,16+/m0/s1. The fourth-order valence-electron chi connectivity index (χ4n) is 3.88. The van der Waals surface area contributed by atoms with Gasteiger partial charge < -0.3 is 20.5 Å². The van der Waals surface area contributed by atoms with Crippen molar-refractivity contribution in [3.05, 3.63) is 35.3 Å². The van der Waals surface area contributed by atoms with Crippen molar-refractivity contribution in [2.24, 2.45) is 5.73 Å². The highest BCUT2D eigenvalue weighted by atomic mass is 32.1. The Balaban J connectivity index is 1.77. The number of aromatic nitrogens is 2. The predicted molar refractivity (Wildman–Crippen MR) is 111 cm³/mol. The van der Waals surface area contributed by atoms with Crippen molar-refractivity contribution >= 4 is 27.9 Å². The zero-order valence-electron chi connectivity index (χ0n) is 16.4. The number of piperidine rings is 1. The normalized spacial score (nSPS) is 20.7. The Hall–Kier alpha value is -2.17. The van der Waals surface area contributed by atoms with E-state index in [1.54, 1.807) is 30.5 Å². The zero-order valence-corrected chi connectivity index (χ0v) is 17.2. The minimum Gasteiger partial charge on any atom is -0.379 e. The Morgan fingerprint density at radius 3 is 2.80 bits per heavy atom. The smallest absolute Gasteiger partial charge is 0.379 e. The number of halogens is 4. The number of anilines is 1. The number of rotatable bonds is 5. The van der Waals surface area contributed by atoms with Crippen molar-refractivity contribution in [2.75, 3.05) is 25.5 Å². The van der Waals surface area contributed by atoms with Crippen molar-refractivity contribution in [1.29, 1.82) is 0 Å². The first-order chi connectivity index (χ1) is 14.2. The summed E-state index contributed by atoms with van der Waals surface area (Å²) in [7, 11) is 1.87. The minimum absolute atomic E-state index is 0.276. The van der Waals surface area contributed by atoms with E-state index in [2.05, 4.69) is 10.3 Å². The summed E-state index contributed by atoms with van der Waals surface area (Å²) in [6.45, 7) is 0.231. The van der Waals surface area contributed by atoms with Gasteiger partial charge in [0.2, 0.25) is 0 Å². The summed E-state index contributed by atoms with van der Waals surface area (Å²) in [6.07, 6.45) is -3.24. The molecule has 1 aliphatic heterocycles. The van der Waals surface area contributed by atoms with E-state index in [9.17, 15) is 17.6 Å². The molecular weight excluding hydrogens is 418 g/mol. The number of alkyl halides is 4. The van der Waals surface area contributed by atoms with E-state index in [-0.39, 0.29) is 12.6 Å². The summed E-state index contributed by atoms with van der Waals surface area (Å²) in [6, 6.07) is 6.43. The number of hydrogen-bond acceptors (Lipinski definition) is 5. The van der Waals surface area contributed by atoms with Crippen LogP contribution >= 0.6 is 11.3 Å². The summed E-state index contributed by atoms with van der Waals surface area (Å²) in [5, 5.41) is 4.33. The Bertz CT molecular complexity index is 1030. The molecule has 0 aliphatic carbocycles. The molecule has 0 unspecified atom stereocenters. The van der Waals surface area contributed by atoms with Crippen LogP contribution in [0.5, 0.6) is 0 Å². The molecule has 30 heavy (non-hydrogen) atoms. The van der Waals surface area contributed by atoms with E-state index in [0.29, 0.717) is 40.3 Å². The van der Waals surface area contributed by atoms with Crippen LogP contribution in [0.1, 0.15) is 11.3 Å². The topological polar surface area (TPSA) is 59.1 Å². The number of benzene rings is 1. The van der Waals surface area contributed by atoms with Crippen molar-refractivity contribution in [3.8, 4) is 10.7 Å². The molecule has 0 amide bonds. The van der Waals surface area contributed by atoms with Crippen LogP contribution in [0.2, 0.25) is 0 Å². The second-order valence-electron chi connectivity index (χ2n) is 7.62. The summed E-state index contributed by atoms with van der Waals surface area (Å²) in [5.41, 5.74) is 7.08. The van der Waals surface area contributed by atoms with Gasteiger partial charge in [-0.25, -0.2) is 9.37 Å². The monoisotopic (exact) mass is 441 g/mol. The summed E-state index contributed by atoms with van der Waals surface area (Å²) >= 11 is 1.27. The first kappa shape index (κ1) is 21.1. The molecular formula is C20H23F4N5S. The van der Waals surface area contributed by atoms with Gasteiger partial charge >= 0.3 is 6.18 Å². The highest BCUT2D eigenvalue weighted by molar-refractivity contribution is 7.15. The van der Waals surface area contributed by atoms with Crippen molar-refractivity contribution in [1.82, 2.24) is 14.5 Å². The fourth-order valence-corrected chi connectivity index (χ4v) is 4.69. The van der Waals surface area contributed by atoms with E-state index in [1.165, 1.54) is 15.9 Å². The average Bonchev–Trinajstić information content (AvgIpc) is 3.28. The second-order valence-corrected chi connectivity index (χ2v) is 8.74. The van der Waals surface area contributed by atoms with Crippen molar-refractivity contribution < 1.29 is 17.6 Å². The lowest BCUT2D eigenvalue weighted by atomic mass is 10.0. The molecule has 2 atom stereocenters. The van der Waals surface area contributed by atoms with Crippen LogP contribution in [0.15, 0.2) is 30.5 Å². The molecule has 3 aromatic rings. The van der Waals surface area contributed by atoms with Crippen LogP contribution in [-0.4, -0.2) is 53.0 Å². The minimum atomic E-state index is -4.39. The van der Waals surface area contributed by atoms with Gasteiger partial charge in [-0.2, -0.15) is 13.2 Å². The molecule has 1 aliphatic rings. The van der Waals surface area contributed by atoms with Gasteiger partial charge in [0.05, 0.1) is 17.3 Å². The highest BCUT2D eigenvalue weighted by Crippen LogP contribution is 2.37. The molecule has 1 saturated heterocycles. The van der Waals surface area contributed by atoms with E-state index < -0.39 is 18.9 Å². The summed E-state index contributed by atoms with van der Waals surface area (Å²) < 4.78 is 55.8. The number of likely N-dealkylation sites (tertiary alicyclic amines) is 1. The van der Waals surface area contributed by atoms with Crippen LogP contribution in [-0.2, 0) is 13.1 Å². The number of thiazole rings is 1. The molecule has 0 bridgehead atoms. The van der Waals surface area contributed by atoms with Crippen LogP contribution in [0.25, 0.3) is 21.6 Å². The highest BCUT2D eigenvalue weighted by Gasteiger charge is 2.32. The Morgan fingerprint density at radius 2 is 2.13 bits per heavy atom. The largest absolute Gasteiger partial charge is 0.406 e. The van der Waals surface area contributed by atoms with E-state index in [1.807, 2.05) is 11.9 Å². The number of hydrogen-bond donors (Lipinski definition) is 2. The zero-order chi connectivity index (χ0) is 21.5. The number of fused-ring (bicyclic) bond motifs is 1. The maximum atomic E-state index is 14.5. The molecule has 2 aromatic heterocycles. The fraction of sp³-hybridized carbons (Fsp3) is 0.450. The van der Waals surface area contributed by atoms with Crippen LogP contribution in [0, 0.1) is 0 Å². The molecule has 162 valence electrons. The van der Waals surface area contributed by atoms with E-state index in [0.717, 1.165) is 11.4 Å². The number of nitrogens with two attached hydrogens (primary N) is 1. The number of nitrogens with one attached hydrogen (secondary N) is 1. The average molecular weight is 441 g/mol. The molecule has 10 heteroatoms. The van der Waals surface area contributed by atoms with Crippen LogP contribution in [0.3, 0.4) is 0 Å². The van der Waals surface area contributed by atoms with Gasteiger partial charge in [-0.3, -0.25) is 0 Å². The Morgan fingerprint density at radius 1 is 1.33 bits per heavy atom. The van der Waals surface area contributed by atoms with Gasteiger partial charge in [-0.15, -0.1) is 11.3 Å². The van der Waals surface area contributed by atoms with Crippen molar-refractivity contribution in [3.63, 3.8) is 0 Å². The summed E-state index contributed by atoms with van der Waals surface area (Å²) in [4.78, 5) is 6.99. The Kier molecular flexibility index (Phi) is 5.73. The lowest BCUT2D eigenvalue weighted by Gasteiger charge is -2.33. The first-order valence-electron chi connectivity index (χ1n) is 9.68. The summed E-state index contributed by atoms with van der Waals surface area (Å²) in [5.74, 6) is 0. The SMILES string of the molecule is CN1CC[C@@H](Nc2cccc3c2cc(-c2ncc(CN)s2)n3CC(F)(F)F)[C@@H](F)C1. The molecule has 3 N–H and O–H groups in total. The van der Waals surface area contributed by atoms with Gasteiger partial charge in [-0.05, 0) is 31.7 Å². The third-order valence-electron chi connectivity index (χ3n) is 5.34. The molecule has 0 radical (unpaired) electrons. The lowest BCUT2D eigenvalue weighted by Crippen LogP contribution is -2.46. The molecule has 1 aromatic carbocycles. The molecule has 4 rings (SSSR count). The Labute approximate surface area is 175 Å². The third kappa shape index (κ3) is 4.30. The molecule has 1 fully saturated rings. The second kappa shape index (κ2) is 8.16. The van der Waals surface area contributed by atoms with Crippen LogP contribution < -0.4 is 11.1 Å². The van der Waals surface area contributed by atoms with E-state index >= 15 is 0 Å². The van der Waals surface area contributed by atoms with Crippen molar-refractivity contribution in [2.45, 2.75) is 37.9 Å². The van der Waals surface area contributed by atoms with Gasteiger partial charge in [0.1, 0.15) is 17.7 Å². The molecule has 0 saturated carbocycles. The quantitative estimate of drug-likeness (QED) is 0.582. The van der Waals surface area contributed by atoms with Gasteiger partial charge in [0.25, 0.3) is 0 Å². The first-order valence-corrected chi connectivity index (χ1v) is 10.5. The van der Waals surface area contributed by atoms with Gasteiger partial charge in [0.15, 0.2) is 0 Å². The molecule has 3 heterocycles. The third-order valence-corrected chi connectivity index (χ3v) is 6.38. The number of nitrogens with zero attached hydrogens (tertiary/aromatic N) is 3. The lowest BCUT2D eigenvalue weighted by molar-refractivity contribution is -0.139. The molecule has 0 spiro atoms. The maximum absolute atomic E-state index is 14.5. The van der Waals surface area contributed by atoms with Gasteiger partial charge in [-0.1, -0.05) is 6.07 Å². The molecule has 5 nitrogen and oxygen atoms in total. The van der Waals surface area contributed by atoms with E-state index in [4.69, 9.17) is 5.73 Å². The maximum Gasteiger partial charge on any atom is 0.406 e.